The van der Waals surface area contributed by atoms with Crippen LogP contribution in [-0.2, 0) is 21.2 Å². The van der Waals surface area contributed by atoms with E-state index in [-0.39, 0.29) is 5.91 Å². The fourth-order valence-electron chi connectivity index (χ4n) is 3.12. The highest BCUT2D eigenvalue weighted by molar-refractivity contribution is 7.90. The van der Waals surface area contributed by atoms with Crippen LogP contribution in [0.1, 0.15) is 5.56 Å². The molecule has 0 atom stereocenters. The number of piperazine rings is 1. The van der Waals surface area contributed by atoms with E-state index < -0.39 is 9.84 Å². The monoisotopic (exact) mass is 387 g/mol. The minimum Gasteiger partial charge on any atom is -0.369 e. The third-order valence-electron chi connectivity index (χ3n) is 4.70. The first-order chi connectivity index (χ1) is 12.9. The summed E-state index contributed by atoms with van der Waals surface area (Å²) >= 11 is 0. The van der Waals surface area contributed by atoms with E-state index in [9.17, 15) is 13.2 Å². The molecule has 6 nitrogen and oxygen atoms in total. The summed E-state index contributed by atoms with van der Waals surface area (Å²) in [7, 11) is -3.17. The Labute approximate surface area is 160 Å². The molecule has 1 saturated heterocycles. The van der Waals surface area contributed by atoms with Gasteiger partial charge in [0, 0.05) is 44.7 Å². The molecule has 3 rings (SSSR count). The minimum absolute atomic E-state index is 0.0322. The highest BCUT2D eigenvalue weighted by Gasteiger charge is 2.19. The van der Waals surface area contributed by atoms with E-state index in [1.807, 2.05) is 42.5 Å². The molecular formula is C20H25N3O3S. The number of nitrogens with one attached hydrogen (secondary N) is 1. The van der Waals surface area contributed by atoms with Gasteiger partial charge in [-0.1, -0.05) is 30.3 Å². The van der Waals surface area contributed by atoms with E-state index in [1.54, 1.807) is 12.1 Å². The number of amides is 1. The highest BCUT2D eigenvalue weighted by atomic mass is 32.2. The van der Waals surface area contributed by atoms with E-state index in [4.69, 9.17) is 0 Å². The van der Waals surface area contributed by atoms with Gasteiger partial charge in [0.25, 0.3) is 0 Å². The Balaban J connectivity index is 1.45. The molecule has 0 radical (unpaired) electrons. The molecule has 1 N–H and O–H groups in total. The summed E-state index contributed by atoms with van der Waals surface area (Å²) in [6.07, 6.45) is 1.21. The molecule has 1 aliphatic heterocycles. The number of carbonyl (C=O) groups is 1. The Hall–Kier alpha value is -2.38. The van der Waals surface area contributed by atoms with Crippen molar-refractivity contribution in [2.75, 3.05) is 43.9 Å². The van der Waals surface area contributed by atoms with Gasteiger partial charge in [0.15, 0.2) is 9.84 Å². The Morgan fingerprint density at radius 2 is 1.59 bits per heavy atom. The summed E-state index contributed by atoms with van der Waals surface area (Å²) in [6.45, 7) is 4.16. The first-order valence-electron chi connectivity index (χ1n) is 9.00. The molecule has 1 amide bonds. The number of benzene rings is 2. The maximum absolute atomic E-state index is 12.1. The van der Waals surface area contributed by atoms with Crippen molar-refractivity contribution in [3.05, 3.63) is 60.2 Å². The zero-order valence-electron chi connectivity index (χ0n) is 15.5. The van der Waals surface area contributed by atoms with E-state index in [0.29, 0.717) is 18.0 Å². The van der Waals surface area contributed by atoms with Crippen LogP contribution in [0.3, 0.4) is 0 Å². The van der Waals surface area contributed by atoms with Crippen LogP contribution < -0.4 is 10.2 Å². The lowest BCUT2D eigenvalue weighted by molar-refractivity contribution is -0.122. The van der Waals surface area contributed by atoms with Gasteiger partial charge in [-0.05, 0) is 29.8 Å². The van der Waals surface area contributed by atoms with Crippen molar-refractivity contribution in [1.82, 2.24) is 10.2 Å². The van der Waals surface area contributed by atoms with Crippen molar-refractivity contribution in [3.63, 3.8) is 0 Å². The fourth-order valence-corrected chi connectivity index (χ4v) is 3.75. The molecule has 1 fully saturated rings. The van der Waals surface area contributed by atoms with Crippen LogP contribution in [0.2, 0.25) is 0 Å². The van der Waals surface area contributed by atoms with Crippen LogP contribution in [0.4, 0.5) is 5.69 Å². The van der Waals surface area contributed by atoms with Crippen molar-refractivity contribution < 1.29 is 13.2 Å². The van der Waals surface area contributed by atoms with Gasteiger partial charge in [-0.15, -0.1) is 0 Å². The molecule has 0 aromatic heterocycles. The summed E-state index contributed by atoms with van der Waals surface area (Å²) in [4.78, 5) is 16.8. The molecule has 2 aromatic carbocycles. The number of carbonyl (C=O) groups excluding carboxylic acids is 1. The first-order valence-corrected chi connectivity index (χ1v) is 10.9. The second-order valence-corrected chi connectivity index (χ2v) is 8.81. The molecule has 1 aliphatic rings. The third kappa shape index (κ3) is 5.55. The molecule has 7 heteroatoms. The van der Waals surface area contributed by atoms with Gasteiger partial charge in [-0.2, -0.15) is 0 Å². The number of hydrogen-bond donors (Lipinski definition) is 1. The van der Waals surface area contributed by atoms with Crippen LogP contribution in [-0.4, -0.2) is 58.2 Å². The summed E-state index contributed by atoms with van der Waals surface area (Å²) < 4.78 is 23.1. The normalized spacial score (nSPS) is 15.5. The van der Waals surface area contributed by atoms with Gasteiger partial charge >= 0.3 is 0 Å². The smallest absolute Gasteiger partial charge is 0.234 e. The van der Waals surface area contributed by atoms with Crippen LogP contribution >= 0.6 is 0 Å². The number of anilines is 1. The summed E-state index contributed by atoms with van der Waals surface area (Å²) in [6, 6.07) is 16.9. The van der Waals surface area contributed by atoms with Gasteiger partial charge in [-0.25, -0.2) is 8.42 Å². The number of nitrogens with zero attached hydrogens (tertiary/aromatic N) is 2. The van der Waals surface area contributed by atoms with Crippen molar-refractivity contribution in [2.45, 2.75) is 11.4 Å². The van der Waals surface area contributed by atoms with Gasteiger partial charge in [0.05, 0.1) is 11.4 Å². The van der Waals surface area contributed by atoms with Crippen molar-refractivity contribution in [1.29, 1.82) is 0 Å². The quantitative estimate of drug-likeness (QED) is 0.814. The zero-order valence-corrected chi connectivity index (χ0v) is 16.3. The van der Waals surface area contributed by atoms with E-state index in [2.05, 4.69) is 15.1 Å². The van der Waals surface area contributed by atoms with Crippen LogP contribution in [0.25, 0.3) is 0 Å². The SMILES string of the molecule is CS(=O)(=O)c1ccc(N2CCN(CC(=O)NCc3ccccc3)CC2)cc1. The van der Waals surface area contributed by atoms with Crippen LogP contribution in [0.5, 0.6) is 0 Å². The molecule has 0 bridgehead atoms. The lowest BCUT2D eigenvalue weighted by Gasteiger charge is -2.35. The second kappa shape index (κ2) is 8.54. The Bertz CT molecular complexity index is 859. The molecule has 0 spiro atoms. The topological polar surface area (TPSA) is 69.7 Å². The predicted octanol–water partition coefficient (Wildman–Crippen LogP) is 1.53. The lowest BCUT2D eigenvalue weighted by atomic mass is 10.2. The van der Waals surface area contributed by atoms with Gasteiger partial charge in [-0.3, -0.25) is 9.69 Å². The van der Waals surface area contributed by atoms with E-state index in [1.165, 1.54) is 6.26 Å². The van der Waals surface area contributed by atoms with Gasteiger partial charge in [0.2, 0.25) is 5.91 Å². The highest BCUT2D eigenvalue weighted by Crippen LogP contribution is 2.19. The second-order valence-electron chi connectivity index (χ2n) is 6.79. The maximum Gasteiger partial charge on any atom is 0.234 e. The third-order valence-corrected chi connectivity index (χ3v) is 5.83. The summed E-state index contributed by atoms with van der Waals surface area (Å²) in [5, 5.41) is 2.96. The molecule has 27 heavy (non-hydrogen) atoms. The van der Waals surface area contributed by atoms with Gasteiger partial charge < -0.3 is 10.2 Å². The van der Waals surface area contributed by atoms with Crippen LogP contribution in [0, 0.1) is 0 Å². The Kier molecular flexibility index (Phi) is 6.13. The van der Waals surface area contributed by atoms with Crippen molar-refractivity contribution in [2.24, 2.45) is 0 Å². The zero-order chi connectivity index (χ0) is 19.3. The standard InChI is InChI=1S/C20H25N3O3S/c1-27(25,26)19-9-7-18(8-10-19)23-13-11-22(12-14-23)16-20(24)21-15-17-5-3-2-4-6-17/h2-10H,11-16H2,1H3,(H,21,24). The van der Waals surface area contributed by atoms with Crippen molar-refractivity contribution in [3.8, 4) is 0 Å². The Morgan fingerprint density at radius 1 is 0.963 bits per heavy atom. The summed E-state index contributed by atoms with van der Waals surface area (Å²) in [5.74, 6) is 0.0322. The number of sulfone groups is 1. The predicted molar refractivity (Wildman–Crippen MR) is 106 cm³/mol. The van der Waals surface area contributed by atoms with E-state index in [0.717, 1.165) is 37.4 Å². The molecule has 0 aliphatic carbocycles. The summed E-state index contributed by atoms with van der Waals surface area (Å²) in [5.41, 5.74) is 2.10. The lowest BCUT2D eigenvalue weighted by Crippen LogP contribution is -2.49. The largest absolute Gasteiger partial charge is 0.369 e. The van der Waals surface area contributed by atoms with Crippen molar-refractivity contribution >= 4 is 21.4 Å². The first kappa shape index (κ1) is 19.4. The molecule has 1 heterocycles. The minimum atomic E-state index is -3.17. The molecule has 144 valence electrons. The molecular weight excluding hydrogens is 362 g/mol. The van der Waals surface area contributed by atoms with E-state index >= 15 is 0 Å². The average molecular weight is 388 g/mol. The average Bonchev–Trinajstić information content (AvgIpc) is 2.67. The van der Waals surface area contributed by atoms with Crippen LogP contribution in [0.15, 0.2) is 59.5 Å². The fraction of sp³-hybridized carbons (Fsp3) is 0.350. The maximum atomic E-state index is 12.1. The van der Waals surface area contributed by atoms with Gasteiger partial charge in [0.1, 0.15) is 0 Å². The molecule has 0 unspecified atom stereocenters. The molecule has 0 saturated carbocycles. The molecule has 2 aromatic rings. The number of hydrogen-bond acceptors (Lipinski definition) is 5. The Morgan fingerprint density at radius 3 is 2.19 bits per heavy atom. The number of rotatable bonds is 6.